The molecule has 1 fully saturated rings. The third-order valence-electron chi connectivity index (χ3n) is 22.4. The number of para-hydroxylation sites is 2. The maximum absolute atomic E-state index is 13.3. The standard InChI is InChI=1S/C42H56N4O6.C32H40ClN3O4.C27H32Cl2N6O3/c1-4-5-6-7-8-9-10-11-12-13-14-20-27-52-38-24-19-18-23-36(38)44-40(48)32(2)43-41(49)34-25-26-37(51-3)35(28-34)30-46-39(47)31-45(42(46)50)29-33-21-16-15-17-22-33;1-3-4-5-6-7-8-9-10-11-16-29(37)35-24-18-20-27(33)28(21-24)36-31(39)22(2)34-32(40)26-19-17-23-14-12-13-15-25(23)30(26)38;1-17-7-10-22(18(2)13-17)37-12-6-5-11-30-26(36)27(3,4)31-16-38-24-15-23-32-33-25(35(23)34-24)19-8-9-20(28)21(29)14-19/h15-19,21-26,28,32H,4-14,20,27,29-31H2,1-3H3,(H,43,49)(H,44,48);12-15,17-22,38H,3-11,16H2,1-2H3,(H,34,40)(H,35,37)(H,36,39);7-10,13-15,31,34H,5-6,11-12,16H2,1-4H3,(H,30,36). The van der Waals surface area contributed by atoms with Gasteiger partial charge in [0.2, 0.25) is 29.5 Å². The first kappa shape index (κ1) is 102. The zero-order valence-corrected chi connectivity index (χ0v) is 78.7. The maximum Gasteiger partial charge on any atom is 0.327 e. The van der Waals surface area contributed by atoms with E-state index in [1.165, 1.54) is 133 Å². The van der Waals surface area contributed by atoms with Gasteiger partial charge in [0.1, 0.15) is 48.4 Å². The zero-order valence-electron chi connectivity index (χ0n) is 76.5. The Kier molecular flexibility index (Phi) is 41.9. The Bertz CT molecular complexity index is 5360. The lowest BCUT2D eigenvalue weighted by Gasteiger charge is -2.25. The number of nitrogens with zero attached hydrogens (tertiary/aromatic N) is 5. The minimum absolute atomic E-state index is 0.0313. The highest BCUT2D eigenvalue weighted by atomic mass is 35.5. The molecule has 9 amide bonds. The number of benzene rings is 8. The van der Waals surface area contributed by atoms with Crippen LogP contribution in [0.25, 0.3) is 27.8 Å². The van der Waals surface area contributed by atoms with E-state index in [0.29, 0.717) is 105 Å². The number of unbranched alkanes of at least 4 members (excludes halogenated alkanes) is 20. The third kappa shape index (κ3) is 32.4. The molecule has 0 aliphatic carbocycles. The molecule has 1 aliphatic heterocycles. The highest BCUT2D eigenvalue weighted by Gasteiger charge is 2.37. The van der Waals surface area contributed by atoms with E-state index in [0.717, 1.165) is 77.7 Å². The van der Waals surface area contributed by atoms with Gasteiger partial charge >= 0.3 is 6.03 Å². The van der Waals surface area contributed by atoms with Crippen molar-refractivity contribution in [1.82, 2.24) is 50.9 Å². The van der Waals surface area contributed by atoms with Crippen LogP contribution in [-0.4, -0.2) is 140 Å². The van der Waals surface area contributed by atoms with Gasteiger partial charge in [-0.15, -0.1) is 10.2 Å². The predicted molar refractivity (Wildman–Crippen MR) is 517 cm³/mol. The van der Waals surface area contributed by atoms with E-state index < -0.39 is 47.3 Å². The molecule has 9 N–H and O–H groups in total. The van der Waals surface area contributed by atoms with Gasteiger partial charge < -0.3 is 60.9 Å². The van der Waals surface area contributed by atoms with Crippen LogP contribution in [0.1, 0.15) is 239 Å². The van der Waals surface area contributed by atoms with Gasteiger partial charge in [0, 0.05) is 53.3 Å². The topological polar surface area (TPSA) is 330 Å². The van der Waals surface area contributed by atoms with Gasteiger partial charge in [-0.3, -0.25) is 48.9 Å². The number of hydrogen-bond donors (Lipinski definition) is 9. The number of rotatable bonds is 50. The number of anilines is 3. The number of halogens is 3. The first-order valence-corrected chi connectivity index (χ1v) is 46.7. The molecule has 10 aromatic rings. The monoisotopic (exact) mass is 1840 g/mol. The van der Waals surface area contributed by atoms with Crippen LogP contribution in [0.3, 0.4) is 0 Å². The molecule has 0 radical (unpaired) electrons. The Balaban J connectivity index is 0.000000223. The van der Waals surface area contributed by atoms with Crippen LogP contribution in [0, 0.1) is 13.8 Å². The van der Waals surface area contributed by atoms with E-state index in [4.69, 9.17) is 53.8 Å². The quantitative estimate of drug-likeness (QED) is 0.00972. The molecule has 2 aromatic heterocycles. The number of nitrogens with one attached hydrogen (secondary N) is 8. The van der Waals surface area contributed by atoms with Crippen molar-refractivity contribution in [2.75, 3.05) is 56.1 Å². The molecule has 26 nitrogen and oxygen atoms in total. The number of aryl methyl sites for hydroxylation is 2. The molecule has 0 saturated carbocycles. The van der Waals surface area contributed by atoms with E-state index in [1.54, 1.807) is 90.3 Å². The Morgan fingerprint density at radius 3 is 1.82 bits per heavy atom. The average molecular weight is 1840 g/mol. The van der Waals surface area contributed by atoms with Crippen molar-refractivity contribution in [2.45, 2.75) is 240 Å². The van der Waals surface area contributed by atoms with Gasteiger partial charge in [0.05, 0.1) is 64.4 Å². The van der Waals surface area contributed by atoms with Crippen molar-refractivity contribution < 1.29 is 62.4 Å². The van der Waals surface area contributed by atoms with E-state index in [9.17, 15) is 43.5 Å². The smallest absolute Gasteiger partial charge is 0.327 e. The second-order valence-electron chi connectivity index (χ2n) is 33.4. The minimum atomic E-state index is -0.917. The minimum Gasteiger partial charge on any atom is -0.506 e. The van der Waals surface area contributed by atoms with Gasteiger partial charge in [-0.25, -0.2) is 9.31 Å². The van der Waals surface area contributed by atoms with Gasteiger partial charge in [-0.05, 0) is 163 Å². The summed E-state index contributed by atoms with van der Waals surface area (Å²) in [6, 6.07) is 47.8. The van der Waals surface area contributed by atoms with Crippen molar-refractivity contribution in [1.29, 1.82) is 0 Å². The number of methoxy groups -OCH3 is 1. The first-order chi connectivity index (χ1) is 62.7. The van der Waals surface area contributed by atoms with Crippen molar-refractivity contribution in [3.05, 3.63) is 218 Å². The molecule has 1 saturated heterocycles. The number of ether oxygens (including phenoxy) is 4. The third-order valence-corrected chi connectivity index (χ3v) is 23.4. The predicted octanol–water partition coefficient (Wildman–Crippen LogP) is 21.6. The Labute approximate surface area is 779 Å². The molecule has 696 valence electrons. The second-order valence-corrected chi connectivity index (χ2v) is 34.6. The summed E-state index contributed by atoms with van der Waals surface area (Å²) in [5.41, 5.74) is 6.01. The summed E-state index contributed by atoms with van der Waals surface area (Å²) in [5.74, 6) is 0.369. The lowest BCUT2D eigenvalue weighted by atomic mass is 10.0. The van der Waals surface area contributed by atoms with Crippen molar-refractivity contribution in [2.24, 2.45) is 0 Å². The number of aromatic nitrogens is 4. The average Bonchev–Trinajstić information content (AvgIpc) is 1.67. The molecule has 130 heavy (non-hydrogen) atoms. The number of H-pyrrole nitrogens is 1. The molecule has 1 aliphatic rings. The van der Waals surface area contributed by atoms with Gasteiger partial charge in [-0.2, -0.15) is 0 Å². The number of aromatic hydroxyl groups is 1. The van der Waals surface area contributed by atoms with Crippen molar-refractivity contribution in [3.8, 4) is 40.3 Å². The Hall–Kier alpha value is -11.7. The molecule has 2 unspecified atom stereocenters. The fourth-order valence-electron chi connectivity index (χ4n) is 14.7. The van der Waals surface area contributed by atoms with E-state index in [1.807, 2.05) is 99.6 Å². The molecular weight excluding hydrogens is 1710 g/mol. The Morgan fingerprint density at radius 2 is 1.15 bits per heavy atom. The lowest BCUT2D eigenvalue weighted by molar-refractivity contribution is -0.127. The molecule has 2 atom stereocenters. The summed E-state index contributed by atoms with van der Waals surface area (Å²) < 4.78 is 24.9. The van der Waals surface area contributed by atoms with E-state index >= 15 is 0 Å². The van der Waals surface area contributed by atoms with Gasteiger partial charge in [-0.1, -0.05) is 261 Å². The number of fused-ring (bicyclic) bond motifs is 2. The number of phenolic OH excluding ortho intramolecular Hbond substituents is 1. The molecule has 0 spiro atoms. The van der Waals surface area contributed by atoms with Crippen LogP contribution in [0.15, 0.2) is 170 Å². The van der Waals surface area contributed by atoms with Crippen LogP contribution in [0.2, 0.25) is 15.1 Å². The van der Waals surface area contributed by atoms with Crippen LogP contribution >= 0.6 is 34.8 Å². The number of phenols is 1. The molecular formula is C101H128Cl3N13O13. The summed E-state index contributed by atoms with van der Waals surface area (Å²) in [6.45, 7) is 17.4. The second kappa shape index (κ2) is 53.4. The summed E-state index contributed by atoms with van der Waals surface area (Å²) in [5, 5.41) is 44.5. The van der Waals surface area contributed by atoms with Gasteiger partial charge in [0.15, 0.2) is 11.5 Å². The van der Waals surface area contributed by atoms with E-state index in [2.05, 4.69) is 79.4 Å². The SMILES string of the molecule is CCCCCCCCCCCC(=O)Nc1ccc(Cl)c(NC(=O)C(C)NC(=O)c2ccc3ccccc3c2O)c1.CCCCCCCCCCCCCCOc1ccccc1NC(=O)C(C)NC(=O)c1ccc(OC)c(CN2C(=O)CN(Cc3ccccc3)C2=O)c1.Cc1ccc(OCCCCNC(=O)C(C)(C)NCOc2cc3nnc(-c4ccc(Cl)c(Cl)c4)n3[nH]2)c(C)c1. The number of aromatic amines is 1. The Morgan fingerprint density at radius 1 is 0.554 bits per heavy atom. The van der Waals surface area contributed by atoms with Crippen molar-refractivity contribution in [3.63, 3.8) is 0 Å². The summed E-state index contributed by atoms with van der Waals surface area (Å²) in [6.07, 6.45) is 28.0. The van der Waals surface area contributed by atoms with Crippen LogP contribution in [0.5, 0.6) is 28.9 Å². The van der Waals surface area contributed by atoms with Crippen LogP contribution in [0.4, 0.5) is 21.9 Å². The zero-order chi connectivity index (χ0) is 93.3. The fraction of sp³-hybridized carbons (Fsp3) is 0.426. The number of carbonyl (C=O) groups excluding carboxylic acids is 8. The summed E-state index contributed by atoms with van der Waals surface area (Å²) in [4.78, 5) is 106. The summed E-state index contributed by atoms with van der Waals surface area (Å²) >= 11 is 18.4. The van der Waals surface area contributed by atoms with Crippen LogP contribution in [-0.2, 0) is 37.1 Å². The molecule has 0 bridgehead atoms. The lowest BCUT2D eigenvalue weighted by Crippen LogP contribution is -2.53. The van der Waals surface area contributed by atoms with Crippen molar-refractivity contribution >= 4 is 116 Å². The normalized spacial score (nSPS) is 12.3. The number of carbonyl (C=O) groups is 8. The first-order valence-electron chi connectivity index (χ1n) is 45.6. The highest BCUT2D eigenvalue weighted by Crippen LogP contribution is 2.34. The molecule has 3 heterocycles. The molecule has 8 aromatic carbocycles. The van der Waals surface area contributed by atoms with Crippen LogP contribution < -0.4 is 56.2 Å². The largest absolute Gasteiger partial charge is 0.506 e. The summed E-state index contributed by atoms with van der Waals surface area (Å²) in [7, 11) is 1.49. The number of amides is 9. The number of imide groups is 1. The van der Waals surface area contributed by atoms with Gasteiger partial charge in [0.25, 0.3) is 17.7 Å². The maximum atomic E-state index is 13.3. The molecule has 29 heteroatoms. The number of hydrogen-bond acceptors (Lipinski definition) is 16. The highest BCUT2D eigenvalue weighted by molar-refractivity contribution is 6.42. The van der Waals surface area contributed by atoms with E-state index in [-0.39, 0.29) is 54.4 Å². The fourth-order valence-corrected chi connectivity index (χ4v) is 15.1. The molecule has 11 rings (SSSR count). The number of urea groups is 1.